The highest BCUT2D eigenvalue weighted by Gasteiger charge is 2.34. The number of hydrogen-bond acceptors (Lipinski definition) is 2. The number of hydrogen-bond donors (Lipinski definition) is 2. The summed E-state index contributed by atoms with van der Waals surface area (Å²) < 4.78 is 18.4. The first-order valence-corrected chi connectivity index (χ1v) is 9.07. The van der Waals surface area contributed by atoms with E-state index in [1.54, 1.807) is 12.1 Å². The van der Waals surface area contributed by atoms with Gasteiger partial charge >= 0.3 is 6.03 Å². The predicted octanol–water partition coefficient (Wildman–Crippen LogP) is 3.42. The summed E-state index contributed by atoms with van der Waals surface area (Å²) in [7, 11) is 0. The number of urea groups is 1. The smallest absolute Gasteiger partial charge is 0.314 e. The van der Waals surface area contributed by atoms with E-state index in [0.29, 0.717) is 32.7 Å². The van der Waals surface area contributed by atoms with E-state index in [1.165, 1.54) is 17.7 Å². The molecule has 0 aliphatic carbocycles. The molecule has 0 radical (unpaired) electrons. The van der Waals surface area contributed by atoms with Crippen molar-refractivity contribution in [3.63, 3.8) is 0 Å². The van der Waals surface area contributed by atoms with Crippen LogP contribution in [0.5, 0.6) is 0 Å². The molecule has 2 aromatic carbocycles. The highest BCUT2D eigenvalue weighted by atomic mass is 19.1. The third-order valence-electron chi connectivity index (χ3n) is 5.04. The lowest BCUT2D eigenvalue weighted by Crippen LogP contribution is -2.47. The van der Waals surface area contributed by atoms with Gasteiger partial charge in [0.2, 0.25) is 0 Å². The Morgan fingerprint density at radius 3 is 2.38 bits per heavy atom. The van der Waals surface area contributed by atoms with Crippen molar-refractivity contribution in [3.8, 4) is 0 Å². The zero-order chi connectivity index (χ0) is 18.2. The van der Waals surface area contributed by atoms with E-state index >= 15 is 0 Å². The molecular formula is C21H25FN2O2. The van der Waals surface area contributed by atoms with Crippen molar-refractivity contribution in [2.45, 2.75) is 24.7 Å². The van der Waals surface area contributed by atoms with Crippen LogP contribution in [0.3, 0.4) is 0 Å². The Bertz CT molecular complexity index is 698. The number of benzene rings is 2. The fourth-order valence-electron chi connectivity index (χ4n) is 3.40. The van der Waals surface area contributed by atoms with E-state index < -0.39 is 0 Å². The zero-order valence-electron chi connectivity index (χ0n) is 14.8. The second kappa shape index (κ2) is 8.81. The van der Waals surface area contributed by atoms with Gasteiger partial charge in [-0.1, -0.05) is 42.5 Å². The summed E-state index contributed by atoms with van der Waals surface area (Å²) in [4.78, 5) is 12.2. The SMILES string of the molecule is O=C(NCCc1ccc(F)cc1)NCC1(c2ccccc2)CCOCC1. The lowest BCUT2D eigenvalue weighted by atomic mass is 9.74. The Morgan fingerprint density at radius 2 is 1.69 bits per heavy atom. The number of nitrogens with one attached hydrogen (secondary N) is 2. The molecule has 1 fully saturated rings. The molecule has 1 aliphatic rings. The van der Waals surface area contributed by atoms with Gasteiger partial charge in [-0.3, -0.25) is 0 Å². The van der Waals surface area contributed by atoms with Crippen LogP contribution < -0.4 is 10.6 Å². The molecule has 2 amide bonds. The van der Waals surface area contributed by atoms with Crippen LogP contribution in [0.2, 0.25) is 0 Å². The second-order valence-corrected chi connectivity index (χ2v) is 6.74. The molecule has 138 valence electrons. The van der Waals surface area contributed by atoms with Crippen molar-refractivity contribution in [3.05, 3.63) is 71.5 Å². The Hall–Kier alpha value is -2.40. The van der Waals surface area contributed by atoms with Gasteiger partial charge in [-0.05, 0) is 42.5 Å². The van der Waals surface area contributed by atoms with Crippen LogP contribution in [-0.4, -0.2) is 32.3 Å². The van der Waals surface area contributed by atoms with Gasteiger partial charge in [0.1, 0.15) is 5.82 Å². The van der Waals surface area contributed by atoms with E-state index in [9.17, 15) is 9.18 Å². The van der Waals surface area contributed by atoms with Crippen molar-refractivity contribution >= 4 is 6.03 Å². The first-order chi connectivity index (χ1) is 12.7. The maximum absolute atomic E-state index is 12.9. The predicted molar refractivity (Wildman–Crippen MR) is 99.7 cm³/mol. The minimum atomic E-state index is -0.248. The Kier molecular flexibility index (Phi) is 6.23. The molecule has 1 heterocycles. The van der Waals surface area contributed by atoms with E-state index in [4.69, 9.17) is 4.74 Å². The lowest BCUT2D eigenvalue weighted by molar-refractivity contribution is 0.0507. The molecule has 2 aromatic rings. The third-order valence-corrected chi connectivity index (χ3v) is 5.04. The first kappa shape index (κ1) is 18.4. The maximum atomic E-state index is 12.9. The van der Waals surface area contributed by atoms with Gasteiger partial charge in [0.25, 0.3) is 0 Å². The summed E-state index contributed by atoms with van der Waals surface area (Å²) in [5.41, 5.74) is 2.17. The fraction of sp³-hybridized carbons (Fsp3) is 0.381. The molecule has 1 saturated heterocycles. The molecule has 0 aromatic heterocycles. The van der Waals surface area contributed by atoms with E-state index in [0.717, 1.165) is 18.4 Å². The van der Waals surface area contributed by atoms with Crippen LogP contribution in [0.15, 0.2) is 54.6 Å². The van der Waals surface area contributed by atoms with Gasteiger partial charge in [0.05, 0.1) is 0 Å². The summed E-state index contributed by atoms with van der Waals surface area (Å²) >= 11 is 0. The topological polar surface area (TPSA) is 50.4 Å². The van der Waals surface area contributed by atoms with Gasteiger partial charge < -0.3 is 15.4 Å². The monoisotopic (exact) mass is 356 g/mol. The van der Waals surface area contributed by atoms with Crippen molar-refractivity contribution in [2.24, 2.45) is 0 Å². The molecule has 3 rings (SSSR count). The van der Waals surface area contributed by atoms with Crippen molar-refractivity contribution in [1.82, 2.24) is 10.6 Å². The van der Waals surface area contributed by atoms with Gasteiger partial charge in [-0.2, -0.15) is 0 Å². The molecule has 0 saturated carbocycles. The summed E-state index contributed by atoms with van der Waals surface area (Å²) in [5.74, 6) is -0.248. The average molecular weight is 356 g/mol. The second-order valence-electron chi connectivity index (χ2n) is 6.74. The minimum absolute atomic E-state index is 0.0756. The first-order valence-electron chi connectivity index (χ1n) is 9.07. The maximum Gasteiger partial charge on any atom is 0.314 e. The van der Waals surface area contributed by atoms with Crippen LogP contribution in [0, 0.1) is 5.82 Å². The highest BCUT2D eigenvalue weighted by molar-refractivity contribution is 5.74. The van der Waals surface area contributed by atoms with E-state index in [1.807, 2.05) is 18.2 Å². The molecule has 0 spiro atoms. The molecule has 0 atom stereocenters. The number of halogens is 1. The van der Waals surface area contributed by atoms with Crippen molar-refractivity contribution < 1.29 is 13.9 Å². The molecule has 0 unspecified atom stereocenters. The number of carbonyl (C=O) groups excluding carboxylic acids is 1. The lowest BCUT2D eigenvalue weighted by Gasteiger charge is -2.38. The van der Waals surface area contributed by atoms with E-state index in [2.05, 4.69) is 22.8 Å². The average Bonchev–Trinajstić information content (AvgIpc) is 2.69. The molecule has 26 heavy (non-hydrogen) atoms. The molecular weight excluding hydrogens is 331 g/mol. The number of amides is 2. The fourth-order valence-corrected chi connectivity index (χ4v) is 3.40. The Balaban J connectivity index is 1.50. The van der Waals surface area contributed by atoms with Crippen LogP contribution >= 0.6 is 0 Å². The highest BCUT2D eigenvalue weighted by Crippen LogP contribution is 2.34. The molecule has 1 aliphatic heterocycles. The van der Waals surface area contributed by atoms with Crippen LogP contribution in [0.4, 0.5) is 9.18 Å². The summed E-state index contributed by atoms with van der Waals surface area (Å²) in [6, 6.07) is 16.5. The van der Waals surface area contributed by atoms with Crippen LogP contribution in [0.1, 0.15) is 24.0 Å². The molecule has 0 bridgehead atoms. The third kappa shape index (κ3) is 4.82. The van der Waals surface area contributed by atoms with Crippen molar-refractivity contribution in [1.29, 1.82) is 0 Å². The van der Waals surface area contributed by atoms with Crippen molar-refractivity contribution in [2.75, 3.05) is 26.3 Å². The Labute approximate surface area is 153 Å². The number of ether oxygens (including phenoxy) is 1. The van der Waals surface area contributed by atoms with Gasteiger partial charge in [0.15, 0.2) is 0 Å². The van der Waals surface area contributed by atoms with Gasteiger partial charge in [0, 0.05) is 31.7 Å². The summed E-state index contributed by atoms with van der Waals surface area (Å²) in [6.45, 7) is 2.52. The molecule has 4 nitrogen and oxygen atoms in total. The van der Waals surface area contributed by atoms with E-state index in [-0.39, 0.29) is 17.3 Å². The largest absolute Gasteiger partial charge is 0.381 e. The van der Waals surface area contributed by atoms with Crippen LogP contribution in [-0.2, 0) is 16.6 Å². The van der Waals surface area contributed by atoms with Gasteiger partial charge in [-0.15, -0.1) is 0 Å². The number of carbonyl (C=O) groups is 1. The Morgan fingerprint density at radius 1 is 1.00 bits per heavy atom. The molecule has 5 heteroatoms. The van der Waals surface area contributed by atoms with Gasteiger partial charge in [-0.25, -0.2) is 9.18 Å². The normalized spacial score (nSPS) is 16.0. The zero-order valence-corrected chi connectivity index (χ0v) is 14.8. The minimum Gasteiger partial charge on any atom is -0.381 e. The quantitative estimate of drug-likeness (QED) is 0.833. The summed E-state index contributed by atoms with van der Waals surface area (Å²) in [5, 5.41) is 5.90. The summed E-state index contributed by atoms with van der Waals surface area (Å²) in [6.07, 6.45) is 2.46. The van der Waals surface area contributed by atoms with Crippen LogP contribution in [0.25, 0.3) is 0 Å². The molecule has 2 N–H and O–H groups in total. The standard InChI is InChI=1S/C21H25FN2O2/c22-19-8-6-17(7-9-19)10-13-23-20(25)24-16-21(11-14-26-15-12-21)18-4-2-1-3-5-18/h1-9H,10-16H2,(H2,23,24,25). The number of rotatable bonds is 6.